The van der Waals surface area contributed by atoms with Crippen molar-refractivity contribution in [3.63, 3.8) is 0 Å². The average molecular weight is 377 g/mol. The molecule has 1 fully saturated rings. The number of aromatic nitrogens is 1. The summed E-state index contributed by atoms with van der Waals surface area (Å²) in [5.41, 5.74) is 1.91. The second-order valence-corrected chi connectivity index (χ2v) is 6.63. The molecule has 3 amide bonds. The van der Waals surface area contributed by atoms with Crippen LogP contribution in [0.3, 0.4) is 0 Å². The second-order valence-electron chi connectivity index (χ2n) is 6.63. The summed E-state index contributed by atoms with van der Waals surface area (Å²) in [5.74, 6) is 2.97. The van der Waals surface area contributed by atoms with Gasteiger partial charge in [0.05, 0.1) is 5.69 Å². The van der Waals surface area contributed by atoms with E-state index in [-0.39, 0.29) is 18.5 Å². The van der Waals surface area contributed by atoms with Crippen LogP contribution in [0.4, 0.5) is 22.0 Å². The van der Waals surface area contributed by atoms with Crippen molar-refractivity contribution in [1.29, 1.82) is 0 Å². The van der Waals surface area contributed by atoms with Gasteiger partial charge in [0.2, 0.25) is 5.91 Å². The lowest BCUT2D eigenvalue weighted by atomic mass is 10.2. The lowest BCUT2D eigenvalue weighted by molar-refractivity contribution is -0.116. The number of hydrogen-bond donors (Lipinski definition) is 2. The number of rotatable bonds is 5. The number of pyridine rings is 1. The van der Waals surface area contributed by atoms with E-state index in [0.717, 1.165) is 31.7 Å². The van der Waals surface area contributed by atoms with E-state index >= 15 is 0 Å². The Kier molecular flexibility index (Phi) is 6.12. The fourth-order valence-electron chi connectivity index (χ4n) is 3.06. The maximum atomic E-state index is 12.5. The number of hydrogen-bond acceptors (Lipinski definition) is 4. The molecule has 0 bridgehead atoms. The molecule has 1 saturated heterocycles. The lowest BCUT2D eigenvalue weighted by Gasteiger charge is -2.22. The Morgan fingerprint density at radius 1 is 1.21 bits per heavy atom. The molecule has 0 aliphatic carbocycles. The number of carbonyl (C=O) groups excluding carboxylic acids is 2. The van der Waals surface area contributed by atoms with E-state index < -0.39 is 0 Å². The first-order chi connectivity index (χ1) is 13.6. The molecule has 1 aliphatic rings. The summed E-state index contributed by atoms with van der Waals surface area (Å²) in [7, 11) is 1.57. The number of anilines is 3. The summed E-state index contributed by atoms with van der Waals surface area (Å²) >= 11 is 0. The third kappa shape index (κ3) is 4.80. The van der Waals surface area contributed by atoms with Crippen LogP contribution < -0.4 is 15.5 Å². The van der Waals surface area contributed by atoms with Gasteiger partial charge in [0, 0.05) is 37.6 Å². The van der Waals surface area contributed by atoms with Crippen LogP contribution in [0.1, 0.15) is 18.4 Å². The van der Waals surface area contributed by atoms with Gasteiger partial charge in [-0.2, -0.15) is 0 Å². The second kappa shape index (κ2) is 8.91. The molecule has 28 heavy (non-hydrogen) atoms. The van der Waals surface area contributed by atoms with Gasteiger partial charge in [0.1, 0.15) is 6.54 Å². The van der Waals surface area contributed by atoms with Gasteiger partial charge in [0.25, 0.3) is 0 Å². The maximum absolute atomic E-state index is 12.5. The van der Waals surface area contributed by atoms with Crippen LogP contribution in [0.5, 0.6) is 0 Å². The molecular formula is C21H23N5O2. The van der Waals surface area contributed by atoms with Gasteiger partial charge in [-0.1, -0.05) is 12.0 Å². The van der Waals surface area contributed by atoms with Gasteiger partial charge in [-0.15, -0.1) is 6.42 Å². The van der Waals surface area contributed by atoms with Crippen LogP contribution in [-0.2, 0) is 4.79 Å². The zero-order valence-electron chi connectivity index (χ0n) is 15.8. The molecule has 7 heteroatoms. The van der Waals surface area contributed by atoms with Crippen LogP contribution in [0.15, 0.2) is 42.6 Å². The van der Waals surface area contributed by atoms with Gasteiger partial charge in [-0.25, -0.2) is 9.78 Å². The van der Waals surface area contributed by atoms with E-state index in [2.05, 4.69) is 26.4 Å². The minimum atomic E-state index is -0.374. The van der Waals surface area contributed by atoms with Crippen molar-refractivity contribution in [1.82, 2.24) is 9.88 Å². The molecule has 2 heterocycles. The van der Waals surface area contributed by atoms with E-state index in [9.17, 15) is 9.59 Å². The molecule has 3 rings (SSSR count). The maximum Gasteiger partial charge on any atom is 0.322 e. The number of likely N-dealkylation sites (N-methyl/N-ethyl adjacent to an activating group) is 1. The van der Waals surface area contributed by atoms with Crippen LogP contribution >= 0.6 is 0 Å². The molecule has 2 aromatic rings. The first-order valence-electron chi connectivity index (χ1n) is 9.15. The van der Waals surface area contributed by atoms with Crippen LogP contribution in [0.2, 0.25) is 0 Å². The summed E-state index contributed by atoms with van der Waals surface area (Å²) in [6.45, 7) is 1.76. The zero-order chi connectivity index (χ0) is 19.9. The molecule has 144 valence electrons. The average Bonchev–Trinajstić information content (AvgIpc) is 3.23. The molecule has 2 N–H and O–H groups in total. The molecule has 0 atom stereocenters. The minimum absolute atomic E-state index is 0.0918. The third-order valence-corrected chi connectivity index (χ3v) is 4.47. The number of benzene rings is 1. The summed E-state index contributed by atoms with van der Waals surface area (Å²) in [5, 5.41) is 5.60. The number of carbonyl (C=O) groups is 2. The van der Waals surface area contributed by atoms with E-state index in [0.29, 0.717) is 16.9 Å². The highest BCUT2D eigenvalue weighted by Crippen LogP contribution is 2.26. The standard InChI is InChI=1S/C21H23N5O2/c1-3-16-8-6-9-17(14-16)23-19(27)15-25(2)21(28)24-18-10-7-11-22-20(18)26-12-4-5-13-26/h1,6-11,14H,4-5,12-13,15H2,2H3,(H,23,27)(H,24,28). The van der Waals surface area contributed by atoms with Crippen molar-refractivity contribution in [3.05, 3.63) is 48.2 Å². The predicted octanol–water partition coefficient (Wildman–Crippen LogP) is 2.77. The van der Waals surface area contributed by atoms with Gasteiger partial charge >= 0.3 is 6.03 Å². The van der Waals surface area contributed by atoms with Crippen LogP contribution in [0.25, 0.3) is 0 Å². The lowest BCUT2D eigenvalue weighted by Crippen LogP contribution is -2.38. The van der Waals surface area contributed by atoms with Crippen molar-refractivity contribution in [3.8, 4) is 12.3 Å². The van der Waals surface area contributed by atoms with Crippen molar-refractivity contribution in [2.45, 2.75) is 12.8 Å². The summed E-state index contributed by atoms with van der Waals surface area (Å²) in [4.78, 5) is 32.7. The van der Waals surface area contributed by atoms with Crippen molar-refractivity contribution in [2.75, 3.05) is 42.2 Å². The highest BCUT2D eigenvalue weighted by atomic mass is 16.2. The SMILES string of the molecule is C#Cc1cccc(NC(=O)CN(C)C(=O)Nc2cccnc2N2CCCC2)c1. The molecule has 0 unspecified atom stereocenters. The monoisotopic (exact) mass is 377 g/mol. The number of urea groups is 1. The van der Waals surface area contributed by atoms with E-state index in [1.54, 1.807) is 43.6 Å². The van der Waals surface area contributed by atoms with Crippen molar-refractivity contribution in [2.24, 2.45) is 0 Å². The molecule has 0 radical (unpaired) electrons. The fourth-order valence-corrected chi connectivity index (χ4v) is 3.06. The van der Waals surface area contributed by atoms with Gasteiger partial charge in [0.15, 0.2) is 5.82 Å². The predicted molar refractivity (Wildman–Crippen MR) is 110 cm³/mol. The van der Waals surface area contributed by atoms with Crippen LogP contribution in [-0.4, -0.2) is 48.5 Å². The van der Waals surface area contributed by atoms with Crippen LogP contribution in [0, 0.1) is 12.3 Å². The summed E-state index contributed by atoms with van der Waals surface area (Å²) < 4.78 is 0. The zero-order valence-corrected chi connectivity index (χ0v) is 15.8. The normalized spacial score (nSPS) is 12.9. The first kappa shape index (κ1) is 19.2. The third-order valence-electron chi connectivity index (χ3n) is 4.47. The highest BCUT2D eigenvalue weighted by molar-refractivity contribution is 5.98. The summed E-state index contributed by atoms with van der Waals surface area (Å²) in [6.07, 6.45) is 9.31. The highest BCUT2D eigenvalue weighted by Gasteiger charge is 2.20. The molecule has 7 nitrogen and oxygen atoms in total. The number of nitrogens with zero attached hydrogens (tertiary/aromatic N) is 3. The van der Waals surface area contributed by atoms with Crippen molar-refractivity contribution < 1.29 is 9.59 Å². The number of amides is 3. The Bertz CT molecular complexity index is 900. The molecule has 0 saturated carbocycles. The molecule has 1 aromatic carbocycles. The topological polar surface area (TPSA) is 77.6 Å². The molecule has 1 aliphatic heterocycles. The first-order valence-corrected chi connectivity index (χ1v) is 9.15. The Hall–Kier alpha value is -3.53. The molecule has 1 aromatic heterocycles. The minimum Gasteiger partial charge on any atom is -0.355 e. The van der Waals surface area contributed by atoms with E-state index in [4.69, 9.17) is 6.42 Å². The van der Waals surface area contributed by atoms with E-state index in [1.165, 1.54) is 4.90 Å². The molecule has 0 spiro atoms. The Morgan fingerprint density at radius 2 is 2.00 bits per heavy atom. The smallest absolute Gasteiger partial charge is 0.322 e. The van der Waals surface area contributed by atoms with Crippen molar-refractivity contribution >= 4 is 29.1 Å². The number of terminal acetylenes is 1. The molecular weight excluding hydrogens is 354 g/mol. The number of nitrogens with one attached hydrogen (secondary N) is 2. The van der Waals surface area contributed by atoms with E-state index in [1.807, 2.05) is 6.07 Å². The Morgan fingerprint density at radius 3 is 2.75 bits per heavy atom. The largest absolute Gasteiger partial charge is 0.355 e. The van der Waals surface area contributed by atoms with Gasteiger partial charge < -0.3 is 20.4 Å². The summed E-state index contributed by atoms with van der Waals surface area (Å²) in [6, 6.07) is 10.2. The Balaban J connectivity index is 1.59. The quantitative estimate of drug-likeness (QED) is 0.786. The Labute approximate surface area is 164 Å². The van der Waals surface area contributed by atoms with Gasteiger partial charge in [-0.3, -0.25) is 4.79 Å². The van der Waals surface area contributed by atoms with Gasteiger partial charge in [-0.05, 0) is 43.2 Å². The fraction of sp³-hybridized carbons (Fsp3) is 0.286.